The summed E-state index contributed by atoms with van der Waals surface area (Å²) in [7, 11) is 2.45. The van der Waals surface area contributed by atoms with Crippen molar-refractivity contribution in [2.75, 3.05) is 19.5 Å². The number of hydrogen-bond donors (Lipinski definition) is 1. The van der Waals surface area contributed by atoms with Gasteiger partial charge in [0, 0.05) is 5.69 Å². The average molecular weight is 421 g/mol. The predicted molar refractivity (Wildman–Crippen MR) is 113 cm³/mol. The van der Waals surface area contributed by atoms with E-state index in [1.807, 2.05) is 6.07 Å². The zero-order chi connectivity index (χ0) is 22.4. The molecule has 0 heterocycles. The van der Waals surface area contributed by atoms with Crippen molar-refractivity contribution in [1.29, 1.82) is 0 Å². The van der Waals surface area contributed by atoms with Crippen LogP contribution in [0.25, 0.3) is 0 Å². The second kappa shape index (κ2) is 9.67. The molecule has 0 fully saturated rings. The van der Waals surface area contributed by atoms with Crippen LogP contribution in [0.1, 0.15) is 42.2 Å². The molecule has 0 atom stereocenters. The first kappa shape index (κ1) is 21.7. The van der Waals surface area contributed by atoms with Crippen LogP contribution in [0.2, 0.25) is 0 Å². The lowest BCUT2D eigenvalue weighted by Crippen LogP contribution is -2.15. The summed E-state index contributed by atoms with van der Waals surface area (Å²) < 4.78 is 23.4. The van der Waals surface area contributed by atoms with Gasteiger partial charge in [-0.3, -0.25) is 4.79 Å². The summed E-state index contributed by atoms with van der Waals surface area (Å²) in [6.07, 6.45) is 0.346. The van der Waals surface area contributed by atoms with Gasteiger partial charge in [-0.25, -0.2) is 14.0 Å². The number of para-hydroxylation sites is 1. The van der Waals surface area contributed by atoms with Crippen LogP contribution in [0.5, 0.6) is 0 Å². The molecule has 3 rings (SSSR count). The number of carbonyl (C=O) groups excluding carboxylic acids is 3. The molecule has 3 aromatic rings. The normalized spacial score (nSPS) is 10.3. The Morgan fingerprint density at radius 3 is 2.16 bits per heavy atom. The summed E-state index contributed by atoms with van der Waals surface area (Å²) >= 11 is 0. The van der Waals surface area contributed by atoms with E-state index in [1.54, 1.807) is 36.4 Å². The van der Waals surface area contributed by atoms with Crippen LogP contribution in [0.4, 0.5) is 10.1 Å². The SMILES string of the molecule is COC(=O)c1ccc(Cc2ccccc2NC(=O)c2ccccc2F)cc1C(=O)OC. The highest BCUT2D eigenvalue weighted by molar-refractivity contribution is 6.05. The summed E-state index contributed by atoms with van der Waals surface area (Å²) in [5.74, 6) is -2.49. The molecule has 158 valence electrons. The maximum Gasteiger partial charge on any atom is 0.338 e. The maximum absolute atomic E-state index is 13.9. The van der Waals surface area contributed by atoms with E-state index in [9.17, 15) is 18.8 Å². The van der Waals surface area contributed by atoms with Gasteiger partial charge in [0.15, 0.2) is 0 Å². The number of methoxy groups -OCH3 is 2. The minimum absolute atomic E-state index is 0.0623. The number of esters is 2. The van der Waals surface area contributed by atoms with E-state index in [0.717, 1.165) is 5.56 Å². The van der Waals surface area contributed by atoms with Crippen molar-refractivity contribution in [2.24, 2.45) is 0 Å². The number of halogens is 1. The summed E-state index contributed by atoms with van der Waals surface area (Å²) in [5, 5.41) is 2.73. The van der Waals surface area contributed by atoms with Gasteiger partial charge in [0.05, 0.1) is 30.9 Å². The highest BCUT2D eigenvalue weighted by Gasteiger charge is 2.19. The van der Waals surface area contributed by atoms with Gasteiger partial charge >= 0.3 is 11.9 Å². The second-order valence-electron chi connectivity index (χ2n) is 6.63. The van der Waals surface area contributed by atoms with Crippen LogP contribution in [0, 0.1) is 5.82 Å². The highest BCUT2D eigenvalue weighted by atomic mass is 19.1. The Labute approximate surface area is 178 Å². The number of nitrogens with one attached hydrogen (secondary N) is 1. The summed E-state index contributed by atoms with van der Waals surface area (Å²) in [4.78, 5) is 36.6. The molecule has 0 unspecified atom stereocenters. The van der Waals surface area contributed by atoms with Crippen molar-refractivity contribution in [3.63, 3.8) is 0 Å². The highest BCUT2D eigenvalue weighted by Crippen LogP contribution is 2.23. The van der Waals surface area contributed by atoms with E-state index >= 15 is 0 Å². The summed E-state index contributed by atoms with van der Waals surface area (Å²) in [5.41, 5.74) is 2.08. The second-order valence-corrected chi connectivity index (χ2v) is 6.63. The number of ether oxygens (including phenoxy) is 2. The van der Waals surface area contributed by atoms with Crippen molar-refractivity contribution < 1.29 is 28.2 Å². The lowest BCUT2D eigenvalue weighted by atomic mass is 9.98. The fourth-order valence-electron chi connectivity index (χ4n) is 3.12. The molecule has 1 amide bonds. The minimum Gasteiger partial charge on any atom is -0.465 e. The predicted octanol–water partition coefficient (Wildman–Crippen LogP) is 4.24. The van der Waals surface area contributed by atoms with Gasteiger partial charge in [-0.05, 0) is 47.9 Å². The summed E-state index contributed by atoms with van der Waals surface area (Å²) in [6, 6.07) is 17.5. The van der Waals surface area contributed by atoms with E-state index in [-0.39, 0.29) is 16.7 Å². The first-order valence-electron chi connectivity index (χ1n) is 9.38. The smallest absolute Gasteiger partial charge is 0.338 e. The number of carbonyl (C=O) groups is 3. The molecular formula is C24H20FNO5. The number of benzene rings is 3. The lowest BCUT2D eigenvalue weighted by molar-refractivity contribution is 0.0555. The summed E-state index contributed by atoms with van der Waals surface area (Å²) in [6.45, 7) is 0. The molecule has 0 spiro atoms. The van der Waals surface area contributed by atoms with Gasteiger partial charge < -0.3 is 14.8 Å². The number of amides is 1. The molecule has 0 bridgehead atoms. The number of anilines is 1. The van der Waals surface area contributed by atoms with E-state index < -0.39 is 23.7 Å². The molecule has 0 aromatic heterocycles. The Kier molecular flexibility index (Phi) is 6.77. The maximum atomic E-state index is 13.9. The lowest BCUT2D eigenvalue weighted by Gasteiger charge is -2.13. The third kappa shape index (κ3) is 4.95. The van der Waals surface area contributed by atoms with E-state index in [0.29, 0.717) is 17.7 Å². The molecule has 3 aromatic carbocycles. The van der Waals surface area contributed by atoms with Crippen LogP contribution in [-0.2, 0) is 15.9 Å². The van der Waals surface area contributed by atoms with E-state index in [1.165, 1.54) is 38.5 Å². The van der Waals surface area contributed by atoms with Gasteiger partial charge in [0.2, 0.25) is 0 Å². The molecule has 7 heteroatoms. The Morgan fingerprint density at radius 1 is 0.806 bits per heavy atom. The largest absolute Gasteiger partial charge is 0.465 e. The molecule has 0 aliphatic rings. The van der Waals surface area contributed by atoms with Crippen molar-refractivity contribution in [1.82, 2.24) is 0 Å². The fraction of sp³-hybridized carbons (Fsp3) is 0.125. The van der Waals surface area contributed by atoms with Crippen LogP contribution in [0.15, 0.2) is 66.7 Å². The molecule has 0 aliphatic heterocycles. The molecule has 0 saturated carbocycles. The van der Waals surface area contributed by atoms with Crippen molar-refractivity contribution in [2.45, 2.75) is 6.42 Å². The number of hydrogen-bond acceptors (Lipinski definition) is 5. The first-order valence-corrected chi connectivity index (χ1v) is 9.38. The Bertz CT molecular complexity index is 1140. The molecular weight excluding hydrogens is 401 g/mol. The Hall–Kier alpha value is -4.00. The van der Waals surface area contributed by atoms with Crippen molar-refractivity contribution >= 4 is 23.5 Å². The zero-order valence-electron chi connectivity index (χ0n) is 17.0. The third-order valence-corrected chi connectivity index (χ3v) is 4.67. The standard InChI is InChI=1S/C24H20FNO5/c1-30-23(28)17-12-11-15(14-19(17)24(29)31-2)13-16-7-3-6-10-21(16)26-22(27)18-8-4-5-9-20(18)25/h3-12,14H,13H2,1-2H3,(H,26,27). The van der Waals surface area contributed by atoms with Gasteiger partial charge in [0.25, 0.3) is 5.91 Å². The monoisotopic (exact) mass is 421 g/mol. The molecule has 6 nitrogen and oxygen atoms in total. The van der Waals surface area contributed by atoms with Gasteiger partial charge in [0.1, 0.15) is 5.82 Å². The Balaban J connectivity index is 1.90. The van der Waals surface area contributed by atoms with Crippen LogP contribution < -0.4 is 5.32 Å². The zero-order valence-corrected chi connectivity index (χ0v) is 17.0. The minimum atomic E-state index is -0.664. The Morgan fingerprint density at radius 2 is 1.45 bits per heavy atom. The van der Waals surface area contributed by atoms with E-state index in [4.69, 9.17) is 9.47 Å². The van der Waals surface area contributed by atoms with Crippen LogP contribution >= 0.6 is 0 Å². The third-order valence-electron chi connectivity index (χ3n) is 4.67. The number of rotatable bonds is 6. The quantitative estimate of drug-likeness (QED) is 0.602. The molecule has 0 radical (unpaired) electrons. The van der Waals surface area contributed by atoms with Gasteiger partial charge in [-0.15, -0.1) is 0 Å². The molecule has 0 saturated heterocycles. The molecule has 1 N–H and O–H groups in total. The van der Waals surface area contributed by atoms with Crippen molar-refractivity contribution in [3.05, 3.63) is 100 Å². The fourth-order valence-corrected chi connectivity index (χ4v) is 3.12. The van der Waals surface area contributed by atoms with Crippen molar-refractivity contribution in [3.8, 4) is 0 Å². The van der Waals surface area contributed by atoms with E-state index in [2.05, 4.69) is 5.32 Å². The average Bonchev–Trinajstić information content (AvgIpc) is 2.79. The van der Waals surface area contributed by atoms with Gasteiger partial charge in [-0.2, -0.15) is 0 Å². The van der Waals surface area contributed by atoms with Gasteiger partial charge in [-0.1, -0.05) is 36.4 Å². The topological polar surface area (TPSA) is 81.7 Å². The van der Waals surface area contributed by atoms with Crippen LogP contribution in [0.3, 0.4) is 0 Å². The molecule has 31 heavy (non-hydrogen) atoms. The van der Waals surface area contributed by atoms with Crippen LogP contribution in [-0.4, -0.2) is 32.1 Å². The molecule has 0 aliphatic carbocycles. The first-order chi connectivity index (χ1) is 14.9.